The van der Waals surface area contributed by atoms with E-state index in [1.807, 2.05) is 11.0 Å². The molecule has 5 rings (SSSR count). The topological polar surface area (TPSA) is 60.9 Å². The molecule has 1 amide bonds. The molecule has 2 bridgehead atoms. The van der Waals surface area contributed by atoms with Gasteiger partial charge in [-0.3, -0.25) is 8.98 Å². The zero-order chi connectivity index (χ0) is 18.8. The van der Waals surface area contributed by atoms with Crippen LogP contribution in [0.4, 0.5) is 0 Å². The molecule has 0 radical (unpaired) electrons. The Labute approximate surface area is 176 Å². The van der Waals surface area contributed by atoms with Crippen molar-refractivity contribution in [3.8, 4) is 5.88 Å². The van der Waals surface area contributed by atoms with Crippen LogP contribution >= 0.6 is 30.4 Å². The molecule has 0 N–H and O–H groups in total. The van der Waals surface area contributed by atoms with E-state index >= 15 is 0 Å². The molecule has 8 heteroatoms. The van der Waals surface area contributed by atoms with E-state index in [2.05, 4.69) is 33.1 Å². The summed E-state index contributed by atoms with van der Waals surface area (Å²) in [5.74, 6) is 1.03. The first-order valence-electron chi connectivity index (χ1n) is 9.60. The lowest BCUT2D eigenvalue weighted by Crippen LogP contribution is -2.45. The minimum absolute atomic E-state index is 0.00460. The predicted octanol–water partition coefficient (Wildman–Crippen LogP) is 3.81. The number of carbonyl (C=O) groups is 1. The molecule has 0 spiro atoms. The average molecular weight is 504 g/mol. The van der Waals surface area contributed by atoms with Gasteiger partial charge in [0, 0.05) is 39.5 Å². The van der Waals surface area contributed by atoms with Crippen molar-refractivity contribution in [3.63, 3.8) is 0 Å². The van der Waals surface area contributed by atoms with Crippen molar-refractivity contribution in [1.82, 2.24) is 9.88 Å². The Morgan fingerprint density at radius 3 is 2.89 bits per heavy atom. The van der Waals surface area contributed by atoms with Crippen molar-refractivity contribution in [2.24, 2.45) is 0 Å². The number of rotatable bonds is 2. The third kappa shape index (κ3) is 4.23. The van der Waals surface area contributed by atoms with Crippen LogP contribution in [0.1, 0.15) is 49.1 Å². The average Bonchev–Trinajstić information content (AvgIpc) is 3.08. The minimum Gasteiger partial charge on any atom is -0.467 e. The second kappa shape index (κ2) is 8.84. The zero-order valence-electron chi connectivity index (χ0n) is 15.4. The minimum atomic E-state index is -0.0493. The normalized spacial score (nSPS) is 31.3. The number of nitrogens with zero attached hydrogens (tertiary/aromatic N) is 2. The van der Waals surface area contributed by atoms with Gasteiger partial charge in [0.1, 0.15) is 0 Å². The molecule has 1 saturated carbocycles. The fourth-order valence-electron chi connectivity index (χ4n) is 4.61. The number of aromatic nitrogens is 1. The smallest absolute Gasteiger partial charge is 0.260 e. The van der Waals surface area contributed by atoms with Gasteiger partial charge in [0.2, 0.25) is 5.88 Å². The molecule has 4 heterocycles. The van der Waals surface area contributed by atoms with E-state index in [1.54, 1.807) is 6.20 Å². The fraction of sp³-hybridized carbons (Fsp3) is 0.684. The summed E-state index contributed by atoms with van der Waals surface area (Å²) in [5, 5.41) is 0. The van der Waals surface area contributed by atoms with Gasteiger partial charge >= 0.3 is 0 Å². The van der Waals surface area contributed by atoms with E-state index in [9.17, 15) is 4.79 Å². The van der Waals surface area contributed by atoms with Crippen LogP contribution in [0.2, 0.25) is 0 Å². The molecule has 1 aromatic heterocycles. The first-order valence-corrected chi connectivity index (χ1v) is 12.9. The van der Waals surface area contributed by atoms with Crippen LogP contribution < -0.4 is 4.74 Å². The number of hydrogen-bond donors (Lipinski definition) is 0. The van der Waals surface area contributed by atoms with Gasteiger partial charge in [-0.2, -0.15) is 0 Å². The van der Waals surface area contributed by atoms with E-state index in [4.69, 9.17) is 13.7 Å². The number of fused-ring (bicyclic) bond motifs is 5. The number of aryl methyl sites for hydroxylation is 1. The summed E-state index contributed by atoms with van der Waals surface area (Å²) in [7, 11) is 1.33. The van der Waals surface area contributed by atoms with Crippen molar-refractivity contribution in [1.29, 1.82) is 0 Å². The van der Waals surface area contributed by atoms with E-state index in [1.165, 1.54) is 20.3 Å². The molecule has 0 unspecified atom stereocenters. The lowest BCUT2D eigenvalue weighted by molar-refractivity contribution is -0.137. The van der Waals surface area contributed by atoms with Crippen LogP contribution in [0, 0.1) is 6.92 Å². The summed E-state index contributed by atoms with van der Waals surface area (Å²) < 4.78 is 18.0. The summed E-state index contributed by atoms with van der Waals surface area (Å²) in [6, 6.07) is 1.98. The second-order valence-corrected chi connectivity index (χ2v) is 8.98. The van der Waals surface area contributed by atoms with Crippen LogP contribution in [0.25, 0.3) is 0 Å². The van der Waals surface area contributed by atoms with Crippen LogP contribution in [-0.2, 0) is 13.7 Å². The molecular weight excluding hydrogens is 479 g/mol. The summed E-state index contributed by atoms with van der Waals surface area (Å²) in [6.45, 7) is 3.33. The Bertz CT molecular complexity index is 684. The van der Waals surface area contributed by atoms with Gasteiger partial charge in [0.05, 0.1) is 34.1 Å². The van der Waals surface area contributed by atoms with Gasteiger partial charge in [-0.1, -0.05) is 0 Å². The highest BCUT2D eigenvalue weighted by Crippen LogP contribution is 2.40. The number of amides is 1. The lowest BCUT2D eigenvalue weighted by Gasteiger charge is -2.32. The van der Waals surface area contributed by atoms with Crippen LogP contribution in [0.15, 0.2) is 12.3 Å². The van der Waals surface area contributed by atoms with Crippen molar-refractivity contribution >= 4 is 36.3 Å². The third-order valence-corrected chi connectivity index (χ3v) is 7.00. The zero-order valence-corrected chi connectivity index (χ0v) is 18.4. The summed E-state index contributed by atoms with van der Waals surface area (Å²) in [5.41, 5.74) is 2.36. The van der Waals surface area contributed by atoms with Gasteiger partial charge in [-0.25, -0.2) is 4.98 Å². The third-order valence-electron chi connectivity index (χ3n) is 6.05. The van der Waals surface area contributed by atoms with Crippen LogP contribution in [0.5, 0.6) is 5.88 Å². The highest BCUT2D eigenvalue weighted by atomic mass is 127. The molecular formula is C19H25IN2O4S. The van der Waals surface area contributed by atoms with Gasteiger partial charge in [-0.15, -0.1) is 0 Å². The maximum atomic E-state index is 12.9. The molecule has 1 saturated heterocycles. The Hall–Kier alpha value is -0.580. The Balaban J connectivity index is 1.61. The summed E-state index contributed by atoms with van der Waals surface area (Å²) >= 11 is 2.13. The molecule has 6 nitrogen and oxygen atoms in total. The van der Waals surface area contributed by atoms with E-state index < -0.39 is 0 Å². The SMILES string of the molecule is Cc1ccnc2c1[C@H]1CC[C@H](CC1)OC[C@H]1[C@H](OSI)CCN1C(=O)CO2. The maximum Gasteiger partial charge on any atom is 0.260 e. The van der Waals surface area contributed by atoms with Gasteiger partial charge in [0.15, 0.2) is 6.61 Å². The van der Waals surface area contributed by atoms with Gasteiger partial charge in [0.25, 0.3) is 5.91 Å². The number of halogens is 1. The highest BCUT2D eigenvalue weighted by molar-refractivity contribution is 14.2. The van der Waals surface area contributed by atoms with Crippen LogP contribution in [0.3, 0.4) is 0 Å². The number of carbonyl (C=O) groups excluding carboxylic acids is 1. The Kier molecular flexibility index (Phi) is 6.45. The second-order valence-electron chi connectivity index (χ2n) is 7.58. The molecule has 148 valence electrons. The number of ether oxygens (including phenoxy) is 2. The number of pyridine rings is 1. The highest BCUT2D eigenvalue weighted by Gasteiger charge is 2.40. The lowest BCUT2D eigenvalue weighted by atomic mass is 9.81. The van der Waals surface area contributed by atoms with Crippen molar-refractivity contribution in [2.45, 2.75) is 63.2 Å². The number of hydrogen-bond acceptors (Lipinski definition) is 6. The van der Waals surface area contributed by atoms with Crippen molar-refractivity contribution < 1.29 is 18.5 Å². The quantitative estimate of drug-likeness (QED) is 0.451. The van der Waals surface area contributed by atoms with Crippen molar-refractivity contribution in [3.05, 3.63) is 23.4 Å². The molecule has 1 aromatic rings. The Morgan fingerprint density at radius 1 is 1.30 bits per heavy atom. The summed E-state index contributed by atoms with van der Waals surface area (Å²) in [6.07, 6.45) is 7.07. The molecule has 2 fully saturated rings. The molecule has 4 aliphatic rings. The maximum absolute atomic E-state index is 12.9. The predicted molar refractivity (Wildman–Crippen MR) is 112 cm³/mol. The monoisotopic (exact) mass is 504 g/mol. The molecule has 3 aliphatic heterocycles. The van der Waals surface area contributed by atoms with Crippen molar-refractivity contribution in [2.75, 3.05) is 19.8 Å². The largest absolute Gasteiger partial charge is 0.467 e. The first-order chi connectivity index (χ1) is 13.2. The van der Waals surface area contributed by atoms with Gasteiger partial charge < -0.3 is 14.4 Å². The van der Waals surface area contributed by atoms with Gasteiger partial charge in [-0.05, 0) is 56.6 Å². The standard InChI is InChI=1S/C19H25IN2O4S/c1-12-6-8-21-19-18(12)13-2-4-14(5-3-13)24-10-15-16(26-27-20)7-9-22(15)17(23)11-25-19/h6,8,13-16H,2-5,7,9-11H2,1H3/t13-,14+,15-,16+/m0/s1. The fourth-order valence-corrected chi connectivity index (χ4v) is 5.73. The first kappa shape index (κ1) is 19.7. The molecule has 27 heavy (non-hydrogen) atoms. The van der Waals surface area contributed by atoms with E-state index in [-0.39, 0.29) is 30.8 Å². The summed E-state index contributed by atoms with van der Waals surface area (Å²) in [4.78, 5) is 19.2. The van der Waals surface area contributed by atoms with E-state index in [0.29, 0.717) is 24.9 Å². The molecule has 0 aromatic carbocycles. The van der Waals surface area contributed by atoms with E-state index in [0.717, 1.165) is 32.1 Å². The molecule has 1 aliphatic carbocycles. The molecule has 2 atom stereocenters. The Morgan fingerprint density at radius 2 is 2.11 bits per heavy atom. The van der Waals surface area contributed by atoms with Crippen LogP contribution in [-0.4, -0.2) is 53.8 Å².